The van der Waals surface area contributed by atoms with Gasteiger partial charge < -0.3 is 5.11 Å². The van der Waals surface area contributed by atoms with Crippen LogP contribution in [0.5, 0.6) is 0 Å². The van der Waals surface area contributed by atoms with Crippen molar-refractivity contribution in [3.8, 4) is 0 Å². The van der Waals surface area contributed by atoms with Crippen molar-refractivity contribution in [2.45, 2.75) is 10.8 Å². The number of hydrogen-bond donors (Lipinski definition) is 2. The van der Waals surface area contributed by atoms with Crippen molar-refractivity contribution >= 4 is 23.6 Å². The summed E-state index contributed by atoms with van der Waals surface area (Å²) in [6.07, 6.45) is 0. The fourth-order valence-electron chi connectivity index (χ4n) is 1.62. The molecule has 0 fully saturated rings. The van der Waals surface area contributed by atoms with Gasteiger partial charge in [-0.3, -0.25) is 9.63 Å². The van der Waals surface area contributed by atoms with Gasteiger partial charge in [-0.15, -0.1) is 11.8 Å². The maximum Gasteiger partial charge on any atom is 0.332 e. The van der Waals surface area contributed by atoms with Gasteiger partial charge in [0.05, 0.1) is 5.92 Å². The Hall–Kier alpha value is -1.53. The Balaban J connectivity index is 1.96. The average molecular weight is 253 g/mol. The first-order chi connectivity index (χ1) is 8.18. The third kappa shape index (κ3) is 2.78. The van der Waals surface area contributed by atoms with Crippen LogP contribution in [0.2, 0.25) is 0 Å². The highest BCUT2D eigenvalue weighted by Crippen LogP contribution is 2.39. The van der Waals surface area contributed by atoms with E-state index in [1.54, 1.807) is 11.8 Å². The van der Waals surface area contributed by atoms with Crippen molar-refractivity contribution in [3.63, 3.8) is 0 Å². The van der Waals surface area contributed by atoms with Crippen molar-refractivity contribution in [2.75, 3.05) is 12.4 Å². The van der Waals surface area contributed by atoms with Gasteiger partial charge >= 0.3 is 5.97 Å². The maximum atomic E-state index is 11.7. The number of thioether (sulfide) groups is 1. The molecule has 2 rings (SSSR count). The molecular formula is C11H11NO4S. The molecule has 0 bridgehead atoms. The van der Waals surface area contributed by atoms with Gasteiger partial charge in [-0.25, -0.2) is 10.3 Å². The fourth-order valence-corrected chi connectivity index (χ4v) is 2.85. The Morgan fingerprint density at radius 2 is 2.24 bits per heavy atom. The second kappa shape index (κ2) is 5.20. The predicted molar refractivity (Wildman–Crippen MR) is 61.6 cm³/mol. The molecule has 1 atom stereocenters. The highest BCUT2D eigenvalue weighted by molar-refractivity contribution is 7.99. The number of carboxylic acids is 1. The van der Waals surface area contributed by atoms with Crippen LogP contribution in [-0.4, -0.2) is 29.3 Å². The van der Waals surface area contributed by atoms with Crippen molar-refractivity contribution < 1.29 is 19.5 Å². The van der Waals surface area contributed by atoms with Crippen molar-refractivity contribution in [1.82, 2.24) is 5.48 Å². The molecule has 1 heterocycles. The first-order valence-corrected chi connectivity index (χ1v) is 6.02. The summed E-state index contributed by atoms with van der Waals surface area (Å²) in [7, 11) is 0. The summed E-state index contributed by atoms with van der Waals surface area (Å²) in [6, 6.07) is 7.66. The summed E-state index contributed by atoms with van der Waals surface area (Å²) in [5.74, 6) is -1.04. The minimum atomic E-state index is -1.12. The summed E-state index contributed by atoms with van der Waals surface area (Å²) in [6.45, 7) is -0.534. The lowest BCUT2D eigenvalue weighted by Crippen LogP contribution is -2.31. The van der Waals surface area contributed by atoms with Crippen molar-refractivity contribution in [1.29, 1.82) is 0 Å². The van der Waals surface area contributed by atoms with Crippen LogP contribution in [-0.2, 0) is 14.4 Å². The number of aliphatic carboxylic acids is 1. The zero-order chi connectivity index (χ0) is 12.3. The quantitative estimate of drug-likeness (QED) is 0.783. The first kappa shape index (κ1) is 11.9. The van der Waals surface area contributed by atoms with Crippen LogP contribution in [0.25, 0.3) is 0 Å². The van der Waals surface area contributed by atoms with E-state index in [9.17, 15) is 9.59 Å². The highest BCUT2D eigenvalue weighted by atomic mass is 32.2. The van der Waals surface area contributed by atoms with E-state index in [-0.39, 0.29) is 11.8 Å². The van der Waals surface area contributed by atoms with Gasteiger partial charge in [0, 0.05) is 10.6 Å². The lowest BCUT2D eigenvalue weighted by Gasteiger charge is -2.10. The smallest absolute Gasteiger partial charge is 0.332 e. The van der Waals surface area contributed by atoms with Crippen LogP contribution in [0.1, 0.15) is 11.5 Å². The molecule has 17 heavy (non-hydrogen) atoms. The van der Waals surface area contributed by atoms with E-state index in [2.05, 4.69) is 10.3 Å². The molecule has 1 aliphatic heterocycles. The van der Waals surface area contributed by atoms with E-state index in [1.807, 2.05) is 24.3 Å². The minimum Gasteiger partial charge on any atom is -0.479 e. The van der Waals surface area contributed by atoms with Crippen LogP contribution in [0, 0.1) is 0 Å². The molecule has 1 unspecified atom stereocenters. The second-order valence-electron chi connectivity index (χ2n) is 3.55. The van der Waals surface area contributed by atoms with Crippen molar-refractivity contribution in [2.24, 2.45) is 0 Å². The van der Waals surface area contributed by atoms with Gasteiger partial charge in [0.2, 0.25) is 0 Å². The summed E-state index contributed by atoms with van der Waals surface area (Å²) in [5.41, 5.74) is 3.13. The number of carbonyl (C=O) groups is 2. The van der Waals surface area contributed by atoms with Gasteiger partial charge in [-0.1, -0.05) is 18.2 Å². The predicted octanol–water partition coefficient (Wildman–Crippen LogP) is 1.01. The molecule has 0 aromatic heterocycles. The largest absolute Gasteiger partial charge is 0.479 e. The van der Waals surface area contributed by atoms with E-state index in [1.165, 1.54) is 0 Å². The Morgan fingerprint density at radius 3 is 3.00 bits per heavy atom. The molecule has 6 heteroatoms. The van der Waals surface area contributed by atoms with Gasteiger partial charge in [0.25, 0.3) is 5.91 Å². The average Bonchev–Trinajstić information content (AvgIpc) is 2.72. The normalized spacial score (nSPS) is 17.5. The molecule has 0 aliphatic carbocycles. The van der Waals surface area contributed by atoms with Crippen molar-refractivity contribution in [3.05, 3.63) is 29.8 Å². The van der Waals surface area contributed by atoms with Crippen LogP contribution in [0.4, 0.5) is 0 Å². The van der Waals surface area contributed by atoms with Gasteiger partial charge in [0.15, 0.2) is 6.61 Å². The Labute approximate surface area is 102 Å². The number of benzene rings is 1. The number of hydrogen-bond acceptors (Lipinski definition) is 4. The third-order valence-electron chi connectivity index (χ3n) is 2.38. The topological polar surface area (TPSA) is 75.6 Å². The van der Waals surface area contributed by atoms with E-state index in [0.717, 1.165) is 10.5 Å². The highest BCUT2D eigenvalue weighted by Gasteiger charge is 2.29. The number of rotatable bonds is 4. The zero-order valence-electron chi connectivity index (χ0n) is 8.88. The number of amides is 1. The maximum absolute atomic E-state index is 11.7. The van der Waals surface area contributed by atoms with E-state index in [4.69, 9.17) is 5.11 Å². The lowest BCUT2D eigenvalue weighted by molar-refractivity contribution is -0.149. The van der Waals surface area contributed by atoms with Crippen LogP contribution >= 0.6 is 11.8 Å². The molecule has 1 amide bonds. The molecule has 5 nitrogen and oxygen atoms in total. The lowest BCUT2D eigenvalue weighted by atomic mass is 10.0. The molecule has 0 radical (unpaired) electrons. The van der Waals surface area contributed by atoms with Gasteiger partial charge in [-0.05, 0) is 11.6 Å². The first-order valence-electron chi connectivity index (χ1n) is 5.03. The van der Waals surface area contributed by atoms with E-state index < -0.39 is 12.6 Å². The number of fused-ring (bicyclic) bond motifs is 1. The van der Waals surface area contributed by atoms with Gasteiger partial charge in [-0.2, -0.15) is 0 Å². The summed E-state index contributed by atoms with van der Waals surface area (Å²) >= 11 is 1.61. The van der Waals surface area contributed by atoms with Crippen LogP contribution in [0.15, 0.2) is 29.2 Å². The fraction of sp³-hybridized carbons (Fsp3) is 0.273. The molecule has 90 valence electrons. The monoisotopic (exact) mass is 253 g/mol. The number of carboxylic acid groups (broad SMARTS) is 1. The summed E-state index contributed by atoms with van der Waals surface area (Å²) in [5, 5.41) is 8.37. The summed E-state index contributed by atoms with van der Waals surface area (Å²) < 4.78 is 0. The summed E-state index contributed by atoms with van der Waals surface area (Å²) in [4.78, 5) is 27.6. The SMILES string of the molecule is O=C(O)CONC(=O)C1CSc2ccccc21. The Kier molecular flexibility index (Phi) is 3.65. The third-order valence-corrected chi connectivity index (χ3v) is 3.57. The number of nitrogens with one attached hydrogen (secondary N) is 1. The molecule has 1 aromatic carbocycles. The molecular weight excluding hydrogens is 242 g/mol. The van der Waals surface area contributed by atoms with Gasteiger partial charge in [0.1, 0.15) is 0 Å². The van der Waals surface area contributed by atoms with Crippen LogP contribution in [0.3, 0.4) is 0 Å². The molecule has 0 saturated heterocycles. The zero-order valence-corrected chi connectivity index (χ0v) is 9.70. The number of carbonyl (C=O) groups excluding carboxylic acids is 1. The number of hydroxylamine groups is 1. The Bertz CT molecular complexity index is 449. The molecule has 2 N–H and O–H groups in total. The van der Waals surface area contributed by atoms with E-state index >= 15 is 0 Å². The molecule has 0 saturated carbocycles. The second-order valence-corrected chi connectivity index (χ2v) is 4.61. The molecule has 1 aliphatic rings. The standard InChI is InChI=1S/C11H11NO4S/c13-10(14)5-16-12-11(15)8-6-17-9-4-2-1-3-7(8)9/h1-4,8H,5-6H2,(H,12,15)(H,13,14). The molecule has 0 spiro atoms. The Morgan fingerprint density at radius 1 is 1.47 bits per heavy atom. The minimum absolute atomic E-state index is 0.273. The van der Waals surface area contributed by atoms with E-state index in [0.29, 0.717) is 5.75 Å². The molecule has 1 aromatic rings. The van der Waals surface area contributed by atoms with Crippen LogP contribution < -0.4 is 5.48 Å².